The minimum Gasteiger partial charge on any atom is -0.311 e. The van der Waals surface area contributed by atoms with E-state index in [1.54, 1.807) is 22.9 Å². The van der Waals surface area contributed by atoms with Gasteiger partial charge in [-0.25, -0.2) is 5.48 Å². The third-order valence-electron chi connectivity index (χ3n) is 3.36. The topological polar surface area (TPSA) is 71.3 Å². The Morgan fingerprint density at radius 1 is 1.23 bits per heavy atom. The quantitative estimate of drug-likeness (QED) is 0.504. The molecule has 0 aliphatic carbocycles. The van der Waals surface area contributed by atoms with Gasteiger partial charge in [0.25, 0.3) is 11.5 Å². The van der Waals surface area contributed by atoms with Crippen LogP contribution < -0.4 is 11.0 Å². The van der Waals surface area contributed by atoms with Crippen LogP contribution in [0.2, 0.25) is 0 Å². The molecule has 1 heterocycles. The normalized spacial score (nSPS) is 10.8. The van der Waals surface area contributed by atoms with Crippen LogP contribution >= 0.6 is 0 Å². The third-order valence-corrected chi connectivity index (χ3v) is 3.36. The molecule has 0 bridgehead atoms. The van der Waals surface area contributed by atoms with Gasteiger partial charge in [0.05, 0.1) is 6.54 Å². The van der Waals surface area contributed by atoms with Gasteiger partial charge >= 0.3 is 0 Å². The van der Waals surface area contributed by atoms with Crippen molar-refractivity contribution in [3.8, 4) is 0 Å². The minimum absolute atomic E-state index is 0.191. The SMILES string of the molecule is CCc1ccc(Cn2cccc(/C=C/C(=O)NO)c2=O)cc1. The molecular weight excluding hydrogens is 280 g/mol. The summed E-state index contributed by atoms with van der Waals surface area (Å²) in [5.41, 5.74) is 3.97. The second-order valence-corrected chi connectivity index (χ2v) is 4.88. The second kappa shape index (κ2) is 7.38. The fraction of sp³-hybridized carbons (Fsp3) is 0.176. The van der Waals surface area contributed by atoms with Gasteiger partial charge in [0, 0.05) is 17.8 Å². The van der Waals surface area contributed by atoms with Crippen molar-refractivity contribution in [1.29, 1.82) is 0 Å². The van der Waals surface area contributed by atoms with Gasteiger partial charge in [-0.2, -0.15) is 0 Å². The summed E-state index contributed by atoms with van der Waals surface area (Å²) in [7, 11) is 0. The number of rotatable bonds is 5. The summed E-state index contributed by atoms with van der Waals surface area (Å²) in [6.07, 6.45) is 5.18. The molecule has 2 rings (SSSR count). The summed E-state index contributed by atoms with van der Waals surface area (Å²) in [6, 6.07) is 11.5. The van der Waals surface area contributed by atoms with Crippen molar-refractivity contribution in [2.45, 2.75) is 19.9 Å². The maximum Gasteiger partial charge on any atom is 0.267 e. The molecule has 22 heavy (non-hydrogen) atoms. The number of hydrogen-bond acceptors (Lipinski definition) is 3. The van der Waals surface area contributed by atoms with E-state index in [2.05, 4.69) is 19.1 Å². The molecule has 0 spiro atoms. The number of carbonyl (C=O) groups excluding carboxylic acids is 1. The highest BCUT2D eigenvalue weighted by molar-refractivity contribution is 5.90. The fourth-order valence-corrected chi connectivity index (χ4v) is 2.09. The Kier molecular flexibility index (Phi) is 5.27. The zero-order chi connectivity index (χ0) is 15.9. The van der Waals surface area contributed by atoms with Crippen molar-refractivity contribution in [2.24, 2.45) is 0 Å². The molecule has 114 valence electrons. The monoisotopic (exact) mass is 298 g/mol. The first-order valence-electron chi connectivity index (χ1n) is 7.03. The molecule has 5 heteroatoms. The zero-order valence-electron chi connectivity index (χ0n) is 12.3. The molecule has 0 saturated carbocycles. The van der Waals surface area contributed by atoms with Crippen LogP contribution in [0.25, 0.3) is 6.08 Å². The molecular formula is C17H18N2O3. The summed E-state index contributed by atoms with van der Waals surface area (Å²) in [5.74, 6) is -0.676. The Morgan fingerprint density at radius 3 is 2.55 bits per heavy atom. The average Bonchev–Trinajstić information content (AvgIpc) is 2.56. The van der Waals surface area contributed by atoms with Crippen molar-refractivity contribution in [3.63, 3.8) is 0 Å². The largest absolute Gasteiger partial charge is 0.311 e. The van der Waals surface area contributed by atoms with Crippen LogP contribution in [-0.2, 0) is 17.8 Å². The van der Waals surface area contributed by atoms with E-state index >= 15 is 0 Å². The molecule has 1 aromatic heterocycles. The van der Waals surface area contributed by atoms with E-state index in [0.29, 0.717) is 12.1 Å². The zero-order valence-corrected chi connectivity index (χ0v) is 12.3. The standard InChI is InChI=1S/C17H18N2O3/c1-2-13-5-7-14(8-6-13)12-19-11-3-4-15(17(19)21)9-10-16(20)18-22/h3-11,22H,2,12H2,1H3,(H,18,20)/b10-9+. The van der Waals surface area contributed by atoms with Crippen LogP contribution in [0, 0.1) is 0 Å². The van der Waals surface area contributed by atoms with Gasteiger partial charge in [0.15, 0.2) is 0 Å². The lowest BCUT2D eigenvalue weighted by Gasteiger charge is -2.07. The highest BCUT2D eigenvalue weighted by atomic mass is 16.5. The third kappa shape index (κ3) is 3.93. The first-order valence-corrected chi connectivity index (χ1v) is 7.03. The smallest absolute Gasteiger partial charge is 0.267 e. The van der Waals surface area contributed by atoms with Gasteiger partial charge in [-0.3, -0.25) is 14.8 Å². The summed E-state index contributed by atoms with van der Waals surface area (Å²) in [4.78, 5) is 23.3. The number of nitrogens with zero attached hydrogens (tertiary/aromatic N) is 1. The Hall–Kier alpha value is -2.66. The molecule has 1 aromatic carbocycles. The van der Waals surface area contributed by atoms with Gasteiger partial charge in [0.1, 0.15) is 0 Å². The lowest BCUT2D eigenvalue weighted by molar-refractivity contribution is -0.124. The van der Waals surface area contributed by atoms with Crippen molar-refractivity contribution in [3.05, 3.63) is 75.7 Å². The fourth-order valence-electron chi connectivity index (χ4n) is 2.09. The van der Waals surface area contributed by atoms with Crippen LogP contribution in [0.1, 0.15) is 23.6 Å². The molecule has 0 aliphatic heterocycles. The Morgan fingerprint density at radius 2 is 1.91 bits per heavy atom. The highest BCUT2D eigenvalue weighted by Crippen LogP contribution is 2.06. The Labute approximate surface area is 128 Å². The van der Waals surface area contributed by atoms with Gasteiger partial charge in [-0.15, -0.1) is 0 Å². The average molecular weight is 298 g/mol. The van der Waals surface area contributed by atoms with E-state index in [9.17, 15) is 9.59 Å². The highest BCUT2D eigenvalue weighted by Gasteiger charge is 2.02. The van der Waals surface area contributed by atoms with E-state index in [1.165, 1.54) is 17.1 Å². The molecule has 2 N–H and O–H groups in total. The molecule has 0 unspecified atom stereocenters. The van der Waals surface area contributed by atoms with E-state index in [1.807, 2.05) is 12.1 Å². The van der Waals surface area contributed by atoms with Crippen LogP contribution in [-0.4, -0.2) is 15.7 Å². The number of hydrogen-bond donors (Lipinski definition) is 2. The number of amides is 1. The molecule has 0 aliphatic rings. The number of hydroxylamine groups is 1. The predicted molar refractivity (Wildman–Crippen MR) is 84.6 cm³/mol. The van der Waals surface area contributed by atoms with Crippen molar-refractivity contribution in [1.82, 2.24) is 10.0 Å². The maximum atomic E-state index is 12.3. The van der Waals surface area contributed by atoms with Crippen molar-refractivity contribution >= 4 is 12.0 Å². The molecule has 0 atom stereocenters. The summed E-state index contributed by atoms with van der Waals surface area (Å²) in [5, 5.41) is 8.44. The number of aryl methyl sites for hydroxylation is 1. The summed E-state index contributed by atoms with van der Waals surface area (Å²) in [6.45, 7) is 2.56. The Balaban J connectivity index is 2.22. The van der Waals surface area contributed by atoms with Gasteiger partial charge in [-0.05, 0) is 35.8 Å². The number of pyridine rings is 1. The van der Waals surface area contributed by atoms with Gasteiger partial charge < -0.3 is 4.57 Å². The van der Waals surface area contributed by atoms with Crippen molar-refractivity contribution in [2.75, 3.05) is 0 Å². The van der Waals surface area contributed by atoms with Gasteiger partial charge in [-0.1, -0.05) is 31.2 Å². The predicted octanol–water partition coefficient (Wildman–Crippen LogP) is 1.98. The van der Waals surface area contributed by atoms with Crippen LogP contribution in [0.5, 0.6) is 0 Å². The van der Waals surface area contributed by atoms with Crippen LogP contribution in [0.3, 0.4) is 0 Å². The second-order valence-electron chi connectivity index (χ2n) is 4.88. The molecule has 0 saturated heterocycles. The number of nitrogens with one attached hydrogen (secondary N) is 1. The maximum absolute atomic E-state index is 12.3. The van der Waals surface area contributed by atoms with Crippen LogP contribution in [0.15, 0.2) is 53.5 Å². The molecule has 0 radical (unpaired) electrons. The Bertz CT molecular complexity index is 730. The molecule has 5 nitrogen and oxygen atoms in total. The summed E-state index contributed by atoms with van der Waals surface area (Å²) < 4.78 is 1.58. The number of aromatic nitrogens is 1. The minimum atomic E-state index is -0.676. The van der Waals surface area contributed by atoms with E-state index in [4.69, 9.17) is 5.21 Å². The lowest BCUT2D eigenvalue weighted by atomic mass is 10.1. The first-order chi connectivity index (χ1) is 10.6. The number of carbonyl (C=O) groups is 1. The van der Waals surface area contributed by atoms with E-state index < -0.39 is 5.91 Å². The lowest BCUT2D eigenvalue weighted by Crippen LogP contribution is -2.22. The van der Waals surface area contributed by atoms with Crippen molar-refractivity contribution < 1.29 is 10.0 Å². The van der Waals surface area contributed by atoms with Crippen LogP contribution in [0.4, 0.5) is 0 Å². The molecule has 2 aromatic rings. The molecule has 0 fully saturated rings. The summed E-state index contributed by atoms with van der Waals surface area (Å²) >= 11 is 0. The molecule has 1 amide bonds. The first kappa shape index (κ1) is 15.7. The van der Waals surface area contributed by atoms with E-state index in [-0.39, 0.29) is 5.56 Å². The number of benzene rings is 1. The van der Waals surface area contributed by atoms with Gasteiger partial charge in [0.2, 0.25) is 0 Å². The van der Waals surface area contributed by atoms with E-state index in [0.717, 1.165) is 18.1 Å².